The molecule has 2 N–H and O–H groups in total. The molecule has 4 heteroatoms. The zero-order valence-electron chi connectivity index (χ0n) is 11.8. The highest BCUT2D eigenvalue weighted by atomic mass is 16.4. The minimum Gasteiger partial charge on any atom is -0.480 e. The third-order valence-corrected chi connectivity index (χ3v) is 4.10. The van der Waals surface area contributed by atoms with Gasteiger partial charge in [0.1, 0.15) is 5.54 Å². The zero-order valence-corrected chi connectivity index (χ0v) is 11.8. The lowest BCUT2D eigenvalue weighted by atomic mass is 9.96. The first-order valence-electron chi connectivity index (χ1n) is 7.18. The Labute approximate surface area is 119 Å². The molecule has 0 aliphatic heterocycles. The SMILES string of the molecule is CCc1ccccc1CC(=O)NC1(C(=O)O)CCCC1. The van der Waals surface area contributed by atoms with Crippen molar-refractivity contribution >= 4 is 11.9 Å². The number of nitrogens with one attached hydrogen (secondary N) is 1. The Morgan fingerprint density at radius 3 is 2.35 bits per heavy atom. The molecule has 4 nitrogen and oxygen atoms in total. The second-order valence-corrected chi connectivity index (χ2v) is 5.44. The predicted molar refractivity (Wildman–Crippen MR) is 76.5 cm³/mol. The molecule has 0 aromatic heterocycles. The monoisotopic (exact) mass is 275 g/mol. The molecule has 1 saturated carbocycles. The number of rotatable bonds is 5. The fourth-order valence-electron chi connectivity index (χ4n) is 2.93. The van der Waals surface area contributed by atoms with Crippen LogP contribution in [0.3, 0.4) is 0 Å². The highest BCUT2D eigenvalue weighted by Crippen LogP contribution is 2.30. The molecule has 1 aliphatic rings. The van der Waals surface area contributed by atoms with E-state index in [1.54, 1.807) is 0 Å². The Bertz CT molecular complexity index is 504. The van der Waals surface area contributed by atoms with Crippen LogP contribution in [0, 0.1) is 0 Å². The van der Waals surface area contributed by atoms with E-state index in [9.17, 15) is 14.7 Å². The molecule has 0 heterocycles. The molecule has 0 radical (unpaired) electrons. The Hall–Kier alpha value is -1.84. The molecule has 1 aliphatic carbocycles. The lowest BCUT2D eigenvalue weighted by molar-refractivity contribution is -0.147. The van der Waals surface area contributed by atoms with Gasteiger partial charge in [-0.1, -0.05) is 44.0 Å². The number of hydrogen-bond donors (Lipinski definition) is 2. The third-order valence-electron chi connectivity index (χ3n) is 4.10. The van der Waals surface area contributed by atoms with E-state index < -0.39 is 11.5 Å². The minimum absolute atomic E-state index is 0.199. The summed E-state index contributed by atoms with van der Waals surface area (Å²) in [6.07, 6.45) is 3.90. The number of carbonyl (C=O) groups excluding carboxylic acids is 1. The number of amides is 1. The molecule has 20 heavy (non-hydrogen) atoms. The van der Waals surface area contributed by atoms with Crippen LogP contribution >= 0.6 is 0 Å². The van der Waals surface area contributed by atoms with E-state index in [0.29, 0.717) is 12.8 Å². The second kappa shape index (κ2) is 6.07. The Morgan fingerprint density at radius 2 is 1.80 bits per heavy atom. The maximum atomic E-state index is 12.2. The Balaban J connectivity index is 2.07. The Kier molecular flexibility index (Phi) is 4.42. The lowest BCUT2D eigenvalue weighted by Crippen LogP contribution is -2.53. The summed E-state index contributed by atoms with van der Waals surface area (Å²) in [5, 5.41) is 12.1. The number of carbonyl (C=O) groups is 2. The van der Waals surface area contributed by atoms with Gasteiger partial charge in [0.15, 0.2) is 0 Å². The molecule has 2 rings (SSSR count). The van der Waals surface area contributed by atoms with Gasteiger partial charge in [-0.25, -0.2) is 4.79 Å². The van der Waals surface area contributed by atoms with E-state index >= 15 is 0 Å². The van der Waals surface area contributed by atoms with E-state index in [1.807, 2.05) is 31.2 Å². The predicted octanol–water partition coefficient (Wildman–Crippen LogP) is 2.31. The quantitative estimate of drug-likeness (QED) is 0.866. The van der Waals surface area contributed by atoms with Gasteiger partial charge in [0.25, 0.3) is 0 Å². The maximum Gasteiger partial charge on any atom is 0.329 e. The maximum absolute atomic E-state index is 12.2. The first-order valence-corrected chi connectivity index (χ1v) is 7.18. The van der Waals surface area contributed by atoms with Gasteiger partial charge in [-0.15, -0.1) is 0 Å². The van der Waals surface area contributed by atoms with Crippen molar-refractivity contribution in [2.75, 3.05) is 0 Å². The van der Waals surface area contributed by atoms with Crippen molar-refractivity contribution < 1.29 is 14.7 Å². The van der Waals surface area contributed by atoms with Crippen LogP contribution in [0.4, 0.5) is 0 Å². The summed E-state index contributed by atoms with van der Waals surface area (Å²) in [5.74, 6) is -1.11. The van der Waals surface area contributed by atoms with E-state index in [2.05, 4.69) is 5.32 Å². The largest absolute Gasteiger partial charge is 0.480 e. The van der Waals surface area contributed by atoms with Gasteiger partial charge in [-0.3, -0.25) is 4.79 Å². The number of carboxylic acid groups (broad SMARTS) is 1. The normalized spacial score (nSPS) is 16.9. The smallest absolute Gasteiger partial charge is 0.329 e. The van der Waals surface area contributed by atoms with Gasteiger partial charge >= 0.3 is 5.97 Å². The molecular weight excluding hydrogens is 254 g/mol. The molecule has 108 valence electrons. The van der Waals surface area contributed by atoms with Crippen LogP contribution in [-0.2, 0) is 22.4 Å². The minimum atomic E-state index is -1.04. The fraction of sp³-hybridized carbons (Fsp3) is 0.500. The van der Waals surface area contributed by atoms with Gasteiger partial charge in [0.05, 0.1) is 6.42 Å². The summed E-state index contributed by atoms with van der Waals surface area (Å²) >= 11 is 0. The first-order chi connectivity index (χ1) is 9.57. The van der Waals surface area contributed by atoms with Crippen LogP contribution < -0.4 is 5.32 Å². The molecular formula is C16H21NO3. The standard InChI is InChI=1S/C16H21NO3/c1-2-12-7-3-4-8-13(12)11-14(18)17-16(15(19)20)9-5-6-10-16/h3-4,7-8H,2,5-6,9-11H2,1H3,(H,17,18)(H,19,20). The van der Waals surface area contributed by atoms with Crippen LogP contribution in [0.15, 0.2) is 24.3 Å². The van der Waals surface area contributed by atoms with Crippen molar-refractivity contribution in [2.45, 2.75) is 51.0 Å². The number of hydrogen-bond acceptors (Lipinski definition) is 2. The van der Waals surface area contributed by atoms with Crippen molar-refractivity contribution in [3.05, 3.63) is 35.4 Å². The van der Waals surface area contributed by atoms with Crippen LogP contribution in [0.5, 0.6) is 0 Å². The molecule has 1 aromatic carbocycles. The topological polar surface area (TPSA) is 66.4 Å². The highest BCUT2D eigenvalue weighted by molar-refractivity contribution is 5.88. The zero-order chi connectivity index (χ0) is 14.6. The molecule has 0 spiro atoms. The average molecular weight is 275 g/mol. The van der Waals surface area contributed by atoms with Gasteiger partial charge in [0, 0.05) is 0 Å². The molecule has 1 aromatic rings. The van der Waals surface area contributed by atoms with Crippen molar-refractivity contribution in [2.24, 2.45) is 0 Å². The molecule has 1 amide bonds. The second-order valence-electron chi connectivity index (χ2n) is 5.44. The van der Waals surface area contributed by atoms with Crippen molar-refractivity contribution in [1.82, 2.24) is 5.32 Å². The van der Waals surface area contributed by atoms with Gasteiger partial charge in [-0.05, 0) is 30.4 Å². The van der Waals surface area contributed by atoms with E-state index in [-0.39, 0.29) is 12.3 Å². The number of benzene rings is 1. The van der Waals surface area contributed by atoms with Gasteiger partial charge < -0.3 is 10.4 Å². The van der Waals surface area contributed by atoms with Gasteiger partial charge in [0.2, 0.25) is 5.91 Å². The van der Waals surface area contributed by atoms with Crippen molar-refractivity contribution in [3.63, 3.8) is 0 Å². The lowest BCUT2D eigenvalue weighted by Gasteiger charge is -2.25. The summed E-state index contributed by atoms with van der Waals surface area (Å²) in [6.45, 7) is 2.05. The summed E-state index contributed by atoms with van der Waals surface area (Å²) in [7, 11) is 0. The van der Waals surface area contributed by atoms with Crippen LogP contribution in [0.25, 0.3) is 0 Å². The number of aliphatic carboxylic acids is 1. The van der Waals surface area contributed by atoms with Crippen molar-refractivity contribution in [3.8, 4) is 0 Å². The summed E-state index contributed by atoms with van der Waals surface area (Å²) in [6, 6.07) is 7.80. The van der Waals surface area contributed by atoms with Crippen LogP contribution in [-0.4, -0.2) is 22.5 Å². The first kappa shape index (κ1) is 14.6. The van der Waals surface area contributed by atoms with Crippen molar-refractivity contribution in [1.29, 1.82) is 0 Å². The summed E-state index contributed by atoms with van der Waals surface area (Å²) < 4.78 is 0. The Morgan fingerprint density at radius 1 is 1.20 bits per heavy atom. The summed E-state index contributed by atoms with van der Waals surface area (Å²) in [5.41, 5.74) is 1.07. The van der Waals surface area contributed by atoms with Gasteiger partial charge in [-0.2, -0.15) is 0 Å². The molecule has 0 atom stereocenters. The van der Waals surface area contributed by atoms with E-state index in [1.165, 1.54) is 0 Å². The fourth-order valence-corrected chi connectivity index (χ4v) is 2.93. The number of carboxylic acids is 1. The molecule has 0 saturated heterocycles. The highest BCUT2D eigenvalue weighted by Gasteiger charge is 2.42. The molecule has 0 bridgehead atoms. The molecule has 0 unspecified atom stereocenters. The third kappa shape index (κ3) is 3.00. The number of aryl methyl sites for hydroxylation is 1. The van der Waals surface area contributed by atoms with E-state index in [0.717, 1.165) is 30.4 Å². The van der Waals surface area contributed by atoms with Crippen LogP contribution in [0.2, 0.25) is 0 Å². The van der Waals surface area contributed by atoms with E-state index in [4.69, 9.17) is 0 Å². The summed E-state index contributed by atoms with van der Waals surface area (Å²) in [4.78, 5) is 23.6. The average Bonchev–Trinajstić information content (AvgIpc) is 2.89. The van der Waals surface area contributed by atoms with Crippen LogP contribution in [0.1, 0.15) is 43.7 Å². The molecule has 1 fully saturated rings.